The maximum Gasteiger partial charge on any atom is 0.201 e. The van der Waals surface area contributed by atoms with Crippen molar-refractivity contribution in [3.05, 3.63) is 36.2 Å². The van der Waals surface area contributed by atoms with Crippen molar-refractivity contribution in [3.8, 4) is 28.1 Å². The molecule has 1 saturated heterocycles. The fraction of sp³-hybridized carbons (Fsp3) is 0.435. The Morgan fingerprint density at radius 1 is 1.00 bits per heavy atom. The fourth-order valence-corrected chi connectivity index (χ4v) is 5.13. The smallest absolute Gasteiger partial charge is 0.201 e. The molecule has 0 amide bonds. The highest BCUT2D eigenvalue weighted by atomic mass is 35.5. The number of H-pyrrole nitrogens is 1. The van der Waals surface area contributed by atoms with Gasteiger partial charge in [-0.15, -0.1) is 27.7 Å². The normalized spacial score (nSPS) is 17.7. The molecule has 3 N–H and O–H groups in total. The van der Waals surface area contributed by atoms with Crippen molar-refractivity contribution in [1.29, 1.82) is 0 Å². The first-order valence-electron chi connectivity index (χ1n) is 10.8. The molecular formula is C23H29ClN8O. The number of aromatic nitrogens is 7. The summed E-state index contributed by atoms with van der Waals surface area (Å²) in [5.74, 6) is 0.131. The topological polar surface area (TPSA) is 117 Å². The first-order valence-corrected chi connectivity index (χ1v) is 10.8. The van der Waals surface area contributed by atoms with E-state index in [1.165, 1.54) is 0 Å². The van der Waals surface area contributed by atoms with Crippen molar-refractivity contribution in [1.82, 2.24) is 40.7 Å². The molecule has 33 heavy (non-hydrogen) atoms. The Balaban J connectivity index is 0.00000259. The van der Waals surface area contributed by atoms with Gasteiger partial charge in [0.15, 0.2) is 0 Å². The van der Waals surface area contributed by atoms with Gasteiger partial charge >= 0.3 is 0 Å². The third-order valence-electron chi connectivity index (χ3n) is 6.15. The van der Waals surface area contributed by atoms with Crippen molar-refractivity contribution in [2.45, 2.75) is 64.6 Å². The van der Waals surface area contributed by atoms with Crippen LogP contribution in [0.25, 0.3) is 33.5 Å². The van der Waals surface area contributed by atoms with E-state index in [1.54, 1.807) is 12.3 Å². The second-order valence-corrected chi connectivity index (χ2v) is 10.1. The summed E-state index contributed by atoms with van der Waals surface area (Å²) >= 11 is 0. The van der Waals surface area contributed by atoms with E-state index < -0.39 is 0 Å². The average molecular weight is 469 g/mol. The predicted molar refractivity (Wildman–Crippen MR) is 129 cm³/mol. The molecule has 0 spiro atoms. The zero-order valence-corrected chi connectivity index (χ0v) is 20.2. The number of rotatable bonds is 3. The van der Waals surface area contributed by atoms with Crippen LogP contribution in [-0.4, -0.2) is 51.6 Å². The molecular weight excluding hydrogens is 440 g/mol. The summed E-state index contributed by atoms with van der Waals surface area (Å²) in [6.45, 7) is 10.8. The number of hydrogen-bond acceptors (Lipinski definition) is 7. The van der Waals surface area contributed by atoms with E-state index >= 15 is 0 Å². The highest BCUT2D eigenvalue weighted by Crippen LogP contribution is 2.37. The summed E-state index contributed by atoms with van der Waals surface area (Å²) in [5, 5.41) is 39.0. The third-order valence-corrected chi connectivity index (χ3v) is 6.15. The van der Waals surface area contributed by atoms with Gasteiger partial charge in [-0.1, -0.05) is 11.3 Å². The minimum Gasteiger partial charge on any atom is -0.507 e. The van der Waals surface area contributed by atoms with Crippen LogP contribution in [0.5, 0.6) is 5.75 Å². The number of nitrogens with zero attached hydrogens (tertiary/aromatic N) is 6. The molecule has 0 unspecified atom stereocenters. The van der Waals surface area contributed by atoms with E-state index in [1.807, 2.05) is 29.8 Å². The number of piperidine rings is 1. The quantitative estimate of drug-likeness (QED) is 0.412. The van der Waals surface area contributed by atoms with E-state index in [-0.39, 0.29) is 35.3 Å². The number of aromatic amines is 1. The largest absolute Gasteiger partial charge is 0.507 e. The van der Waals surface area contributed by atoms with Gasteiger partial charge in [-0.3, -0.25) is 5.10 Å². The number of aryl methyl sites for hydroxylation is 1. The van der Waals surface area contributed by atoms with Crippen LogP contribution in [0.15, 0.2) is 30.5 Å². The van der Waals surface area contributed by atoms with Crippen molar-refractivity contribution in [3.63, 3.8) is 0 Å². The summed E-state index contributed by atoms with van der Waals surface area (Å²) in [6, 6.07) is 7.51. The van der Waals surface area contributed by atoms with Gasteiger partial charge in [0, 0.05) is 27.9 Å². The fourth-order valence-electron chi connectivity index (χ4n) is 5.13. The van der Waals surface area contributed by atoms with Gasteiger partial charge in [0.25, 0.3) is 0 Å². The number of phenolic OH excluding ortho intramolecular Hbond substituents is 1. The van der Waals surface area contributed by atoms with E-state index in [0.717, 1.165) is 29.7 Å². The molecule has 0 radical (unpaired) electrons. The predicted octanol–water partition coefficient (Wildman–Crippen LogP) is 4.20. The molecule has 0 aliphatic carbocycles. The van der Waals surface area contributed by atoms with E-state index in [4.69, 9.17) is 0 Å². The monoisotopic (exact) mass is 468 g/mol. The van der Waals surface area contributed by atoms with E-state index in [9.17, 15) is 5.11 Å². The SMILES string of the molecule is Cc1[nH]ncc1-c1ccc(-c2cc3nnn(C4CC(C)(C)NC(C)(C)C4)c3nn2)c(O)c1.Cl. The Bertz CT molecular complexity index is 1290. The van der Waals surface area contributed by atoms with Crippen LogP contribution in [0.4, 0.5) is 0 Å². The van der Waals surface area contributed by atoms with Crippen molar-refractivity contribution >= 4 is 23.6 Å². The Morgan fingerprint density at radius 3 is 2.36 bits per heavy atom. The molecule has 1 aliphatic heterocycles. The molecule has 0 bridgehead atoms. The molecule has 0 saturated carbocycles. The molecule has 5 rings (SSSR count). The summed E-state index contributed by atoms with van der Waals surface area (Å²) in [4.78, 5) is 0. The van der Waals surface area contributed by atoms with Crippen LogP contribution in [0.2, 0.25) is 0 Å². The Hall–Kier alpha value is -3.04. The number of benzene rings is 1. The lowest BCUT2D eigenvalue weighted by Crippen LogP contribution is -2.58. The van der Waals surface area contributed by atoms with Gasteiger partial charge in [0.1, 0.15) is 11.3 Å². The standard InChI is InChI=1S/C23H28N8O.ClH/c1-13-17(12-24-25-13)14-6-7-16(20(32)8-14)18-9-19-21(28-26-18)31(30-27-19)15-10-22(2,3)29-23(4,5)11-15;/h6-9,12,15,29,32H,10-11H2,1-5H3,(H,24,25);1H. The van der Waals surface area contributed by atoms with Crippen molar-refractivity contribution in [2.75, 3.05) is 0 Å². The second-order valence-electron chi connectivity index (χ2n) is 10.1. The van der Waals surface area contributed by atoms with Gasteiger partial charge in [-0.25, -0.2) is 4.68 Å². The maximum atomic E-state index is 10.7. The number of fused-ring (bicyclic) bond motifs is 1. The van der Waals surface area contributed by atoms with Crippen LogP contribution in [0, 0.1) is 6.92 Å². The molecule has 1 aliphatic rings. The average Bonchev–Trinajstić information content (AvgIpc) is 3.31. The molecule has 0 atom stereocenters. The van der Waals surface area contributed by atoms with Gasteiger partial charge in [0.05, 0.1) is 17.9 Å². The zero-order valence-electron chi connectivity index (χ0n) is 19.4. The first kappa shape index (κ1) is 23.1. The number of phenols is 1. The lowest BCUT2D eigenvalue weighted by molar-refractivity contribution is 0.127. The molecule has 9 nitrogen and oxygen atoms in total. The van der Waals surface area contributed by atoms with Crippen LogP contribution in [0.3, 0.4) is 0 Å². The summed E-state index contributed by atoms with van der Waals surface area (Å²) in [6.07, 6.45) is 3.60. The molecule has 1 fully saturated rings. The molecule has 4 heterocycles. The summed E-state index contributed by atoms with van der Waals surface area (Å²) in [7, 11) is 0. The maximum absolute atomic E-state index is 10.7. The van der Waals surface area contributed by atoms with E-state index in [0.29, 0.717) is 22.4 Å². The van der Waals surface area contributed by atoms with Crippen LogP contribution in [0.1, 0.15) is 52.3 Å². The molecule has 174 valence electrons. The van der Waals surface area contributed by atoms with Crippen LogP contribution in [-0.2, 0) is 0 Å². The van der Waals surface area contributed by atoms with Gasteiger partial charge in [0.2, 0.25) is 5.65 Å². The van der Waals surface area contributed by atoms with Crippen LogP contribution < -0.4 is 5.32 Å². The Labute approximate surface area is 198 Å². The van der Waals surface area contributed by atoms with Crippen molar-refractivity contribution < 1.29 is 5.11 Å². The Kier molecular flexibility index (Phi) is 5.66. The lowest BCUT2D eigenvalue weighted by atomic mass is 9.80. The highest BCUT2D eigenvalue weighted by Gasteiger charge is 2.39. The summed E-state index contributed by atoms with van der Waals surface area (Å²) in [5.41, 5.74) is 5.23. The van der Waals surface area contributed by atoms with Gasteiger partial charge in [-0.2, -0.15) is 5.10 Å². The second kappa shape index (κ2) is 8.07. The van der Waals surface area contributed by atoms with Gasteiger partial charge < -0.3 is 10.4 Å². The third kappa shape index (κ3) is 4.30. The van der Waals surface area contributed by atoms with Crippen LogP contribution >= 0.6 is 12.4 Å². The minimum atomic E-state index is -0.0149. The molecule has 1 aromatic carbocycles. The molecule has 10 heteroatoms. The first-order chi connectivity index (χ1) is 15.1. The number of nitrogens with one attached hydrogen (secondary N) is 2. The molecule has 4 aromatic rings. The number of halogens is 1. The molecule has 3 aromatic heterocycles. The summed E-state index contributed by atoms with van der Waals surface area (Å²) < 4.78 is 1.90. The zero-order chi connectivity index (χ0) is 22.7. The lowest BCUT2D eigenvalue weighted by Gasteiger charge is -2.46. The highest BCUT2D eigenvalue weighted by molar-refractivity contribution is 5.85. The minimum absolute atomic E-state index is 0. The van der Waals surface area contributed by atoms with Crippen molar-refractivity contribution in [2.24, 2.45) is 0 Å². The van der Waals surface area contributed by atoms with E-state index in [2.05, 4.69) is 63.7 Å². The number of hydrogen-bond donors (Lipinski definition) is 3. The van der Waals surface area contributed by atoms with Gasteiger partial charge in [-0.05, 0) is 71.2 Å². The Morgan fingerprint density at radius 2 is 1.73 bits per heavy atom. The number of aromatic hydroxyl groups is 1.